The molecular weight excluding hydrogens is 725 g/mol. The first kappa shape index (κ1) is 31.9. The molecule has 59 heavy (non-hydrogen) atoms. The molecule has 0 saturated heterocycles. The highest BCUT2D eigenvalue weighted by Gasteiger charge is 2.26. The van der Waals surface area contributed by atoms with E-state index in [0.29, 0.717) is 17.7 Å². The van der Waals surface area contributed by atoms with Gasteiger partial charge < -0.3 is 8.82 Å². The number of allylic oxidation sites excluding steroid dienone is 1. The number of rotatable bonds is 4. The summed E-state index contributed by atoms with van der Waals surface area (Å²) in [7, 11) is 0. The summed E-state index contributed by atoms with van der Waals surface area (Å²) in [6, 6.07) is 50.9. The Kier molecular flexibility index (Phi) is 6.32. The molecule has 0 unspecified atom stereocenters. The molecule has 7 heteroatoms. The van der Waals surface area contributed by atoms with Crippen LogP contribution >= 0.6 is 0 Å². The SMILES string of the molecule is C#C/C=C\c1c(C)c2ccccc2n1-c1nc(-c2cccc3oc4c(cc5c6ccccc6n6c7ccccc7c4c56)c23)nc(-n2c3ccccc3c3ccccc32)n1. The Balaban J connectivity index is 1.18. The average molecular weight is 755 g/mol. The van der Waals surface area contributed by atoms with Crippen LogP contribution in [0.25, 0.3) is 122 Å². The van der Waals surface area contributed by atoms with Gasteiger partial charge in [0.15, 0.2) is 5.82 Å². The van der Waals surface area contributed by atoms with Gasteiger partial charge in [-0.15, -0.1) is 6.42 Å². The minimum absolute atomic E-state index is 0.482. The van der Waals surface area contributed by atoms with Gasteiger partial charge in [0.05, 0.1) is 44.2 Å². The Bertz CT molecular complexity index is 3940. The molecule has 0 N–H and O–H groups in total. The van der Waals surface area contributed by atoms with Crippen molar-refractivity contribution < 1.29 is 4.42 Å². The first-order valence-electron chi connectivity index (χ1n) is 19.7. The third-order valence-electron chi connectivity index (χ3n) is 12.2. The van der Waals surface area contributed by atoms with Crippen molar-refractivity contribution in [3.8, 4) is 35.6 Å². The molecule has 13 aromatic rings. The number of furan rings is 1. The van der Waals surface area contributed by atoms with Gasteiger partial charge in [-0.2, -0.15) is 15.0 Å². The molecule has 0 amide bonds. The van der Waals surface area contributed by atoms with Crippen molar-refractivity contribution in [2.45, 2.75) is 6.92 Å². The second kappa shape index (κ2) is 11.7. The Morgan fingerprint density at radius 2 is 1.10 bits per heavy atom. The number of hydrogen-bond acceptors (Lipinski definition) is 4. The first-order chi connectivity index (χ1) is 29.2. The summed E-state index contributed by atoms with van der Waals surface area (Å²) < 4.78 is 13.6. The van der Waals surface area contributed by atoms with E-state index in [1.807, 2.05) is 24.3 Å². The van der Waals surface area contributed by atoms with Gasteiger partial charge in [0.2, 0.25) is 11.9 Å². The van der Waals surface area contributed by atoms with E-state index in [-0.39, 0.29) is 0 Å². The Morgan fingerprint density at radius 3 is 1.78 bits per heavy atom. The van der Waals surface area contributed by atoms with E-state index >= 15 is 0 Å². The second-order valence-electron chi connectivity index (χ2n) is 15.2. The maximum atomic E-state index is 6.97. The topological polar surface area (TPSA) is 66.1 Å². The van der Waals surface area contributed by atoms with Crippen molar-refractivity contribution >= 4 is 98.8 Å². The van der Waals surface area contributed by atoms with Crippen LogP contribution in [0.15, 0.2) is 156 Å². The van der Waals surface area contributed by atoms with Crippen LogP contribution in [0.5, 0.6) is 0 Å². The smallest absolute Gasteiger partial charge is 0.240 e. The average Bonchev–Trinajstić information content (AvgIpc) is 4.07. The zero-order chi connectivity index (χ0) is 38.9. The molecule has 0 aliphatic heterocycles. The fourth-order valence-electron chi connectivity index (χ4n) is 9.75. The molecule has 0 spiro atoms. The van der Waals surface area contributed by atoms with Gasteiger partial charge in [-0.3, -0.25) is 9.13 Å². The molecule has 7 aromatic carbocycles. The third kappa shape index (κ3) is 4.19. The zero-order valence-electron chi connectivity index (χ0n) is 31.7. The molecule has 6 aromatic heterocycles. The Labute approximate surface area is 336 Å². The molecule has 0 radical (unpaired) electrons. The largest absolute Gasteiger partial charge is 0.455 e. The number of hydrogen-bond donors (Lipinski definition) is 0. The Hall–Kier alpha value is -8.21. The standard InChI is InChI=1S/C52H30N6O/c1-3-4-22-39-30(2)31-16-5-10-23-40(31)57(39)51-53-50(54-52(55-51)58-42-25-12-6-17-32(42)33-18-7-13-26-43(33)58)36-21-15-28-45-46(36)38-29-37-34-19-8-11-24-41(34)56-44-27-14-9-20-35(44)47(48(37)56)49(38)59-45/h1,4-29H,2H3/b22-4-. The van der Waals surface area contributed by atoms with Gasteiger partial charge in [-0.05, 0) is 67.1 Å². The predicted octanol–water partition coefficient (Wildman–Crippen LogP) is 12.6. The van der Waals surface area contributed by atoms with Gasteiger partial charge in [-0.25, -0.2) is 0 Å². The second-order valence-corrected chi connectivity index (χ2v) is 15.2. The summed E-state index contributed by atoms with van der Waals surface area (Å²) in [5, 5.41) is 9.94. The minimum Gasteiger partial charge on any atom is -0.455 e. The van der Waals surface area contributed by atoms with E-state index in [9.17, 15) is 0 Å². The summed E-state index contributed by atoms with van der Waals surface area (Å²) in [6.45, 7) is 2.11. The lowest BCUT2D eigenvalue weighted by Gasteiger charge is -2.13. The first-order valence-corrected chi connectivity index (χ1v) is 19.7. The van der Waals surface area contributed by atoms with Crippen LogP contribution in [0.2, 0.25) is 0 Å². The monoisotopic (exact) mass is 754 g/mol. The number of terminal acetylenes is 1. The quantitative estimate of drug-likeness (QED) is 0.168. The van der Waals surface area contributed by atoms with Gasteiger partial charge >= 0.3 is 0 Å². The Morgan fingerprint density at radius 1 is 0.542 bits per heavy atom. The minimum atomic E-state index is 0.482. The number of benzene rings is 7. The maximum Gasteiger partial charge on any atom is 0.240 e. The molecular formula is C52H30N6O. The molecule has 0 atom stereocenters. The molecule has 0 saturated carbocycles. The highest BCUT2D eigenvalue weighted by molar-refractivity contribution is 6.33. The number of nitrogens with zero attached hydrogens (tertiary/aromatic N) is 6. The number of aromatic nitrogens is 6. The van der Waals surface area contributed by atoms with Gasteiger partial charge in [0, 0.05) is 48.7 Å². The summed E-state index contributed by atoms with van der Waals surface area (Å²) >= 11 is 0. The lowest BCUT2D eigenvalue weighted by molar-refractivity contribution is 0.673. The molecule has 6 heterocycles. The lowest BCUT2D eigenvalue weighted by atomic mass is 10.0. The van der Waals surface area contributed by atoms with Crippen LogP contribution < -0.4 is 0 Å². The van der Waals surface area contributed by atoms with Crippen molar-refractivity contribution in [3.63, 3.8) is 0 Å². The predicted molar refractivity (Wildman–Crippen MR) is 241 cm³/mol. The molecule has 0 aliphatic rings. The fraction of sp³-hybridized carbons (Fsp3) is 0.0192. The van der Waals surface area contributed by atoms with E-state index in [0.717, 1.165) is 87.8 Å². The molecule has 0 aliphatic carbocycles. The van der Waals surface area contributed by atoms with Crippen LogP contribution in [0.1, 0.15) is 11.3 Å². The summed E-state index contributed by atoms with van der Waals surface area (Å²) in [6.07, 6.45) is 9.49. The summed E-state index contributed by atoms with van der Waals surface area (Å²) in [4.78, 5) is 16.2. The van der Waals surface area contributed by atoms with Gasteiger partial charge in [0.1, 0.15) is 11.2 Å². The van der Waals surface area contributed by atoms with Gasteiger partial charge in [0.25, 0.3) is 0 Å². The summed E-state index contributed by atoms with van der Waals surface area (Å²) in [5.74, 6) is 4.21. The van der Waals surface area contributed by atoms with Crippen LogP contribution in [-0.2, 0) is 0 Å². The van der Waals surface area contributed by atoms with E-state index < -0.39 is 0 Å². The molecule has 0 fully saturated rings. The zero-order valence-corrected chi connectivity index (χ0v) is 31.7. The fourth-order valence-corrected chi connectivity index (χ4v) is 9.75. The third-order valence-corrected chi connectivity index (χ3v) is 12.2. The van der Waals surface area contributed by atoms with Crippen LogP contribution in [-0.4, -0.2) is 28.5 Å². The van der Waals surface area contributed by atoms with E-state index in [1.165, 1.54) is 21.8 Å². The van der Waals surface area contributed by atoms with Gasteiger partial charge in [-0.1, -0.05) is 109 Å². The van der Waals surface area contributed by atoms with Crippen molar-refractivity contribution in [3.05, 3.63) is 163 Å². The number of fused-ring (bicyclic) bond motifs is 14. The summed E-state index contributed by atoms with van der Waals surface area (Å²) in [5.41, 5.74) is 10.9. The normalized spacial score (nSPS) is 12.4. The van der Waals surface area contributed by atoms with Crippen LogP contribution in [0, 0.1) is 19.3 Å². The van der Waals surface area contributed by atoms with Crippen molar-refractivity contribution in [2.24, 2.45) is 0 Å². The lowest BCUT2D eigenvalue weighted by Crippen LogP contribution is -2.11. The highest BCUT2D eigenvalue weighted by Crippen LogP contribution is 2.47. The molecule has 0 bridgehead atoms. The van der Waals surface area contributed by atoms with E-state index in [2.05, 4.69) is 154 Å². The number of para-hydroxylation sites is 5. The molecule has 274 valence electrons. The van der Waals surface area contributed by atoms with E-state index in [4.69, 9.17) is 25.8 Å². The van der Waals surface area contributed by atoms with Crippen LogP contribution in [0.3, 0.4) is 0 Å². The van der Waals surface area contributed by atoms with Crippen molar-refractivity contribution in [1.82, 2.24) is 28.5 Å². The molecule has 13 rings (SSSR count). The van der Waals surface area contributed by atoms with Crippen molar-refractivity contribution in [2.75, 3.05) is 0 Å². The van der Waals surface area contributed by atoms with Crippen molar-refractivity contribution in [1.29, 1.82) is 0 Å². The van der Waals surface area contributed by atoms with Crippen LogP contribution in [0.4, 0.5) is 0 Å². The highest BCUT2D eigenvalue weighted by atomic mass is 16.3. The number of aryl methyl sites for hydroxylation is 1. The van der Waals surface area contributed by atoms with E-state index in [1.54, 1.807) is 6.08 Å². The molecule has 7 nitrogen and oxygen atoms in total. The maximum absolute atomic E-state index is 6.97.